The molecule has 0 radical (unpaired) electrons. The molecule has 0 aromatic heterocycles. The first-order valence-electron chi connectivity index (χ1n) is 17.8. The van der Waals surface area contributed by atoms with E-state index in [-0.39, 0.29) is 43.9 Å². The van der Waals surface area contributed by atoms with E-state index in [4.69, 9.17) is 5.73 Å². The van der Waals surface area contributed by atoms with Gasteiger partial charge in [-0.25, -0.2) is 4.79 Å². The van der Waals surface area contributed by atoms with E-state index in [1.165, 1.54) is 6.92 Å². The van der Waals surface area contributed by atoms with Crippen molar-refractivity contribution in [1.29, 1.82) is 0 Å². The highest BCUT2D eigenvalue weighted by molar-refractivity contribution is 5.97. The Hall–Kier alpha value is -5.02. The van der Waals surface area contributed by atoms with Gasteiger partial charge in [0.25, 0.3) is 0 Å². The zero-order chi connectivity index (χ0) is 38.8. The fourth-order valence-electron chi connectivity index (χ4n) is 6.17. The van der Waals surface area contributed by atoms with Crippen LogP contribution in [0.15, 0.2) is 30.3 Å². The van der Waals surface area contributed by atoms with Crippen LogP contribution in [0.1, 0.15) is 97.0 Å². The third kappa shape index (κ3) is 16.3. The molecule has 1 saturated carbocycles. The van der Waals surface area contributed by atoms with Gasteiger partial charge in [0.1, 0.15) is 30.2 Å². The summed E-state index contributed by atoms with van der Waals surface area (Å²) in [4.78, 5) is 101. The van der Waals surface area contributed by atoms with Crippen molar-refractivity contribution in [3.8, 4) is 0 Å². The van der Waals surface area contributed by atoms with Crippen LogP contribution in [-0.2, 0) is 44.8 Å². The van der Waals surface area contributed by atoms with Crippen LogP contribution in [0.5, 0.6) is 0 Å². The Bertz CT molecular complexity index is 1400. The molecular weight excluding hydrogens is 676 g/mol. The van der Waals surface area contributed by atoms with Gasteiger partial charge in [-0.2, -0.15) is 0 Å². The van der Waals surface area contributed by atoms with E-state index in [0.29, 0.717) is 12.0 Å². The van der Waals surface area contributed by atoms with Gasteiger partial charge in [0.05, 0.1) is 6.42 Å². The number of nitrogens with one attached hydrogen (secondary N) is 5. The molecule has 1 fully saturated rings. The topological polar surface area (TPSA) is 263 Å². The minimum atomic E-state index is -1.68. The largest absolute Gasteiger partial charge is 0.481 e. The zero-order valence-corrected chi connectivity index (χ0v) is 30.2. The first-order valence-corrected chi connectivity index (χ1v) is 17.8. The fourth-order valence-corrected chi connectivity index (χ4v) is 6.17. The lowest BCUT2D eigenvalue weighted by Crippen LogP contribution is -2.59. The second-order valence-corrected chi connectivity index (χ2v) is 13.8. The quantitative estimate of drug-likeness (QED) is 0.0836. The number of carboxylic acids is 2. The average molecular weight is 731 g/mol. The van der Waals surface area contributed by atoms with Crippen molar-refractivity contribution in [2.45, 2.75) is 128 Å². The van der Waals surface area contributed by atoms with E-state index in [0.717, 1.165) is 32.1 Å². The Balaban J connectivity index is 2.28. The smallest absolute Gasteiger partial charge is 0.326 e. The Kier molecular flexibility index (Phi) is 18.3. The molecule has 6 amide bonds. The van der Waals surface area contributed by atoms with Crippen LogP contribution in [0.4, 0.5) is 0 Å². The van der Waals surface area contributed by atoms with Crippen molar-refractivity contribution >= 4 is 47.4 Å². The van der Waals surface area contributed by atoms with Gasteiger partial charge in [0.2, 0.25) is 35.4 Å². The number of carbonyl (C=O) groups excluding carboxylic acids is 6. The van der Waals surface area contributed by atoms with E-state index >= 15 is 0 Å². The van der Waals surface area contributed by atoms with Crippen LogP contribution in [-0.4, -0.2) is 87.8 Å². The Morgan fingerprint density at radius 1 is 0.712 bits per heavy atom. The molecule has 2 rings (SSSR count). The summed E-state index contributed by atoms with van der Waals surface area (Å²) in [6.07, 6.45) is 4.54. The highest BCUT2D eigenvalue weighted by atomic mass is 16.4. The lowest BCUT2D eigenvalue weighted by Gasteiger charge is -2.28. The molecule has 5 atom stereocenters. The third-order valence-corrected chi connectivity index (χ3v) is 8.84. The van der Waals surface area contributed by atoms with Crippen molar-refractivity contribution in [3.05, 3.63) is 35.9 Å². The Labute approximate surface area is 303 Å². The summed E-state index contributed by atoms with van der Waals surface area (Å²) < 4.78 is 0. The van der Waals surface area contributed by atoms with Gasteiger partial charge in [-0.15, -0.1) is 0 Å². The zero-order valence-electron chi connectivity index (χ0n) is 30.2. The number of aliphatic carboxylic acids is 2. The summed E-state index contributed by atoms with van der Waals surface area (Å²) in [5.74, 6) is -7.28. The molecule has 0 heterocycles. The highest BCUT2D eigenvalue weighted by Gasteiger charge is 2.34. The number of rotatable bonds is 22. The van der Waals surface area contributed by atoms with Crippen molar-refractivity contribution in [2.24, 2.45) is 17.6 Å². The minimum Gasteiger partial charge on any atom is -0.481 e. The van der Waals surface area contributed by atoms with Gasteiger partial charge in [-0.1, -0.05) is 76.3 Å². The van der Waals surface area contributed by atoms with Crippen molar-refractivity contribution in [1.82, 2.24) is 26.6 Å². The van der Waals surface area contributed by atoms with E-state index in [1.54, 1.807) is 44.2 Å². The van der Waals surface area contributed by atoms with Gasteiger partial charge < -0.3 is 42.5 Å². The second-order valence-electron chi connectivity index (χ2n) is 13.8. The molecule has 0 unspecified atom stereocenters. The lowest BCUT2D eigenvalue weighted by molar-refractivity contribution is -0.143. The molecule has 1 aromatic carbocycles. The number of hydrogen-bond donors (Lipinski definition) is 8. The molecule has 1 aliphatic carbocycles. The Morgan fingerprint density at radius 2 is 1.23 bits per heavy atom. The van der Waals surface area contributed by atoms with E-state index in [2.05, 4.69) is 26.6 Å². The van der Waals surface area contributed by atoms with Crippen molar-refractivity contribution in [2.75, 3.05) is 0 Å². The summed E-state index contributed by atoms with van der Waals surface area (Å²) >= 11 is 0. The standard InChI is InChI=1S/C36H54N6O10/c1-21(2)18-27(34(49)42-29(36(51)52)19-24-12-8-5-9-13-24)40-35(50)28(20-31(45)46)41-33(48)26(15-14-23-10-6-4-7-11-23)39-32(47)25(38-22(3)43)16-17-30(37)44/h5,8-9,12-13,21,23,25-29H,4,6-7,10-11,14-20H2,1-3H3,(H2,37,44)(H,38,43)(H,39,47)(H,40,50)(H,41,48)(H,42,49)(H,45,46)(H,51,52)/t25-,26-,27-,28-,29-/m0/s1. The van der Waals surface area contributed by atoms with Gasteiger partial charge >= 0.3 is 11.9 Å². The highest BCUT2D eigenvalue weighted by Crippen LogP contribution is 2.28. The molecule has 9 N–H and O–H groups in total. The first kappa shape index (κ1) is 43.1. The predicted octanol–water partition coefficient (Wildman–Crippen LogP) is 0.904. The number of carbonyl (C=O) groups is 8. The minimum absolute atomic E-state index is 0.0265. The van der Waals surface area contributed by atoms with Crippen LogP contribution in [0, 0.1) is 11.8 Å². The van der Waals surface area contributed by atoms with Crippen LogP contribution in [0.3, 0.4) is 0 Å². The molecule has 0 saturated heterocycles. The molecule has 16 nitrogen and oxygen atoms in total. The SMILES string of the molecule is CC(=O)N[C@@H](CCC(N)=O)C(=O)N[C@@H](CCC1CCCCC1)C(=O)N[C@@H](CC(=O)O)C(=O)N[C@@H](CC(C)C)C(=O)N[C@@H](Cc1ccccc1)C(=O)O. The number of hydrogen-bond acceptors (Lipinski definition) is 8. The molecule has 1 aliphatic rings. The number of benzene rings is 1. The Morgan fingerprint density at radius 3 is 1.77 bits per heavy atom. The number of primary amides is 1. The molecular formula is C36H54N6O10. The van der Waals surface area contributed by atoms with E-state index in [9.17, 15) is 48.6 Å². The average Bonchev–Trinajstić information content (AvgIpc) is 3.07. The third-order valence-electron chi connectivity index (χ3n) is 8.84. The number of amides is 6. The molecule has 0 aliphatic heterocycles. The maximum absolute atomic E-state index is 13.7. The number of nitrogens with two attached hydrogens (primary N) is 1. The van der Waals surface area contributed by atoms with Crippen LogP contribution >= 0.6 is 0 Å². The van der Waals surface area contributed by atoms with Gasteiger partial charge in [-0.3, -0.25) is 33.6 Å². The second kappa shape index (κ2) is 22.0. The van der Waals surface area contributed by atoms with Crippen LogP contribution < -0.4 is 32.3 Å². The predicted molar refractivity (Wildman–Crippen MR) is 189 cm³/mol. The normalized spacial score (nSPS) is 15.9. The maximum atomic E-state index is 13.7. The van der Waals surface area contributed by atoms with E-state index < -0.39 is 84.0 Å². The van der Waals surface area contributed by atoms with Gasteiger partial charge in [0.15, 0.2) is 0 Å². The first-order chi connectivity index (χ1) is 24.5. The fraction of sp³-hybridized carbons (Fsp3) is 0.611. The maximum Gasteiger partial charge on any atom is 0.326 e. The molecule has 0 spiro atoms. The van der Waals surface area contributed by atoms with E-state index in [1.807, 2.05) is 0 Å². The summed E-state index contributed by atoms with van der Waals surface area (Å²) in [5, 5.41) is 31.9. The number of carboxylic acid groups (broad SMARTS) is 2. The lowest BCUT2D eigenvalue weighted by atomic mass is 9.85. The molecule has 0 bridgehead atoms. The van der Waals surface area contributed by atoms with Crippen LogP contribution in [0.25, 0.3) is 0 Å². The van der Waals surface area contributed by atoms with Crippen molar-refractivity contribution < 1.29 is 48.6 Å². The molecule has 52 heavy (non-hydrogen) atoms. The van der Waals surface area contributed by atoms with Crippen molar-refractivity contribution in [3.63, 3.8) is 0 Å². The monoisotopic (exact) mass is 730 g/mol. The molecule has 16 heteroatoms. The molecule has 1 aromatic rings. The van der Waals surface area contributed by atoms with Gasteiger partial charge in [-0.05, 0) is 43.1 Å². The van der Waals surface area contributed by atoms with Crippen LogP contribution in [0.2, 0.25) is 0 Å². The molecule has 288 valence electrons. The summed E-state index contributed by atoms with van der Waals surface area (Å²) in [5.41, 5.74) is 5.90. The summed E-state index contributed by atoms with van der Waals surface area (Å²) in [7, 11) is 0. The van der Waals surface area contributed by atoms with Gasteiger partial charge in [0, 0.05) is 19.8 Å². The summed E-state index contributed by atoms with van der Waals surface area (Å²) in [6, 6.07) is 1.92. The summed E-state index contributed by atoms with van der Waals surface area (Å²) in [6.45, 7) is 4.74.